The lowest BCUT2D eigenvalue weighted by Crippen LogP contribution is -2.30. The molecule has 0 rings (SSSR count). The Morgan fingerprint density at radius 1 is 0.279 bits per heavy atom. The highest BCUT2D eigenvalue weighted by atomic mass is 31.2. The number of aliphatic hydroxyl groups is 1. The molecule has 0 spiro atoms. The summed E-state index contributed by atoms with van der Waals surface area (Å²) in [6.07, 6.45) is 90.4. The minimum absolute atomic E-state index is 0.000518. The van der Waals surface area contributed by atoms with E-state index in [0.29, 0.717) is 32.1 Å². The van der Waals surface area contributed by atoms with Crippen LogP contribution in [0.4, 0.5) is 0 Å². The summed E-state index contributed by atoms with van der Waals surface area (Å²) < 4.78 is 68.4. The standard InChI is InChI=1S/C85H136O17P2/c1-5-9-13-17-21-25-29-33-36-38-39-41-43-47-50-54-58-62-66-70-83(88)96-76-81(102-85(90)72-68-64-60-56-52-48-44-40-37-34-30-26-22-18-14-10-6-2)78-100-104(93,94)98-74-79(86)73-97-103(91,92)99-77-80(101-84(89)71-67-63-59-55-51-45-32-28-24-20-16-12-8-4)75-95-82(87)69-65-61-57-53-49-46-42-35-31-27-23-19-15-11-7-3/h9-11,13-15,21-23,25-28,32-37,39,41-42,44,47-50,53,56,60,79-81,86H,5-8,12,16-20,24,29-31,38,40,43,45-46,51-52,54-55,57-59,61-78H2,1-4H3,(H,91,92)(H,93,94)/b13-9-,14-10-,15-11-,25-21-,26-22-,27-23-,32-28-,36-33-,37-34-,41-39-,42-35-,48-44-,50-47-,53-49-,60-56-. The predicted molar refractivity (Wildman–Crippen MR) is 426 cm³/mol. The average Bonchev–Trinajstić information content (AvgIpc) is 0.911. The van der Waals surface area contributed by atoms with E-state index in [1.807, 2.05) is 12.2 Å². The van der Waals surface area contributed by atoms with Gasteiger partial charge in [0.25, 0.3) is 0 Å². The molecule has 5 atom stereocenters. The van der Waals surface area contributed by atoms with E-state index in [-0.39, 0.29) is 25.7 Å². The summed E-state index contributed by atoms with van der Waals surface area (Å²) in [7, 11) is -10.0. The largest absolute Gasteiger partial charge is 0.472 e. The second kappa shape index (κ2) is 75.4. The van der Waals surface area contributed by atoms with Gasteiger partial charge in [0.1, 0.15) is 19.3 Å². The summed E-state index contributed by atoms with van der Waals surface area (Å²) in [5.41, 5.74) is 0. The van der Waals surface area contributed by atoms with Crippen molar-refractivity contribution >= 4 is 39.5 Å². The van der Waals surface area contributed by atoms with E-state index in [4.69, 9.17) is 37.0 Å². The number of hydrogen-bond acceptors (Lipinski definition) is 15. The Morgan fingerprint density at radius 2 is 0.510 bits per heavy atom. The van der Waals surface area contributed by atoms with Crippen LogP contribution in [0.3, 0.4) is 0 Å². The van der Waals surface area contributed by atoms with Crippen LogP contribution in [0.15, 0.2) is 182 Å². The van der Waals surface area contributed by atoms with E-state index in [0.717, 1.165) is 161 Å². The number of rotatable bonds is 71. The quantitative estimate of drug-likeness (QED) is 0.0169. The zero-order valence-electron chi connectivity index (χ0n) is 64.1. The molecule has 0 saturated heterocycles. The molecule has 17 nitrogen and oxygen atoms in total. The zero-order chi connectivity index (χ0) is 76.0. The minimum Gasteiger partial charge on any atom is -0.462 e. The lowest BCUT2D eigenvalue weighted by Gasteiger charge is -2.21. The summed E-state index contributed by atoms with van der Waals surface area (Å²) in [4.78, 5) is 72.9. The maximum atomic E-state index is 13.1. The van der Waals surface area contributed by atoms with Crippen molar-refractivity contribution in [3.63, 3.8) is 0 Å². The van der Waals surface area contributed by atoms with E-state index in [1.165, 1.54) is 25.7 Å². The van der Waals surface area contributed by atoms with Crippen molar-refractivity contribution in [1.29, 1.82) is 0 Å². The summed E-state index contributed by atoms with van der Waals surface area (Å²) >= 11 is 0. The van der Waals surface area contributed by atoms with Gasteiger partial charge in [0.15, 0.2) is 12.2 Å². The number of allylic oxidation sites excluding steroid dienone is 30. The van der Waals surface area contributed by atoms with Crippen molar-refractivity contribution in [1.82, 2.24) is 0 Å². The highest BCUT2D eigenvalue weighted by Gasteiger charge is 2.30. The van der Waals surface area contributed by atoms with Crippen LogP contribution in [0.2, 0.25) is 0 Å². The fourth-order valence-electron chi connectivity index (χ4n) is 9.50. The molecule has 0 radical (unpaired) electrons. The summed E-state index contributed by atoms with van der Waals surface area (Å²) in [6, 6.07) is 0. The summed E-state index contributed by atoms with van der Waals surface area (Å²) in [5, 5.41) is 10.6. The van der Waals surface area contributed by atoms with Crippen LogP contribution in [0.1, 0.15) is 272 Å². The van der Waals surface area contributed by atoms with Crippen molar-refractivity contribution in [2.24, 2.45) is 0 Å². The monoisotopic (exact) mass is 1490 g/mol. The van der Waals surface area contributed by atoms with Crippen molar-refractivity contribution in [2.75, 3.05) is 39.6 Å². The molecule has 0 amide bonds. The molecule has 0 bridgehead atoms. The van der Waals surface area contributed by atoms with Crippen LogP contribution in [0.25, 0.3) is 0 Å². The van der Waals surface area contributed by atoms with Crippen molar-refractivity contribution < 1.29 is 80.2 Å². The topological polar surface area (TPSA) is 237 Å². The highest BCUT2D eigenvalue weighted by Crippen LogP contribution is 2.45. The number of aliphatic hydroxyl groups excluding tert-OH is 1. The van der Waals surface area contributed by atoms with Crippen molar-refractivity contribution in [3.8, 4) is 0 Å². The van der Waals surface area contributed by atoms with Gasteiger partial charge >= 0.3 is 39.5 Å². The normalized spacial score (nSPS) is 14.9. The highest BCUT2D eigenvalue weighted by molar-refractivity contribution is 7.47. The van der Waals surface area contributed by atoms with Crippen molar-refractivity contribution in [3.05, 3.63) is 182 Å². The molecule has 0 aromatic carbocycles. The molecule has 104 heavy (non-hydrogen) atoms. The second-order valence-corrected chi connectivity index (χ2v) is 28.1. The van der Waals surface area contributed by atoms with Gasteiger partial charge in [-0.1, -0.05) is 255 Å². The van der Waals surface area contributed by atoms with Crippen LogP contribution in [0, 0.1) is 0 Å². The molecule has 3 N–H and O–H groups in total. The van der Waals surface area contributed by atoms with Gasteiger partial charge in [-0.05, 0) is 173 Å². The summed E-state index contributed by atoms with van der Waals surface area (Å²) in [6.45, 7) is 4.32. The van der Waals surface area contributed by atoms with Crippen LogP contribution in [0.5, 0.6) is 0 Å². The number of carbonyl (C=O) groups excluding carboxylic acids is 4. The van der Waals surface area contributed by atoms with Crippen LogP contribution in [-0.2, 0) is 65.4 Å². The van der Waals surface area contributed by atoms with Gasteiger partial charge in [0, 0.05) is 25.7 Å². The van der Waals surface area contributed by atoms with Gasteiger partial charge in [0.05, 0.1) is 26.4 Å². The first-order chi connectivity index (χ1) is 50.7. The average molecular weight is 1490 g/mol. The maximum Gasteiger partial charge on any atom is 0.472 e. The predicted octanol–water partition coefficient (Wildman–Crippen LogP) is 22.8. The first-order valence-corrected chi connectivity index (χ1v) is 42.0. The van der Waals surface area contributed by atoms with Crippen LogP contribution < -0.4 is 0 Å². The number of ether oxygens (including phenoxy) is 4. The van der Waals surface area contributed by atoms with Crippen LogP contribution >= 0.6 is 15.6 Å². The van der Waals surface area contributed by atoms with Gasteiger partial charge in [-0.2, -0.15) is 0 Å². The smallest absolute Gasteiger partial charge is 0.462 e. The molecular weight excluding hydrogens is 1350 g/mol. The third kappa shape index (κ3) is 74.4. The van der Waals surface area contributed by atoms with Crippen molar-refractivity contribution in [2.45, 2.75) is 290 Å². The van der Waals surface area contributed by atoms with Gasteiger partial charge in [0.2, 0.25) is 0 Å². The van der Waals surface area contributed by atoms with Gasteiger partial charge in [-0.3, -0.25) is 37.3 Å². The van der Waals surface area contributed by atoms with Gasteiger partial charge in [-0.25, -0.2) is 9.13 Å². The molecule has 19 heteroatoms. The van der Waals surface area contributed by atoms with Gasteiger partial charge < -0.3 is 33.8 Å². The Hall–Kier alpha value is -5.84. The first-order valence-electron chi connectivity index (χ1n) is 39.0. The molecule has 0 aliphatic heterocycles. The molecule has 0 heterocycles. The molecule has 0 fully saturated rings. The fourth-order valence-corrected chi connectivity index (χ4v) is 11.1. The molecule has 5 unspecified atom stereocenters. The maximum absolute atomic E-state index is 13.1. The number of esters is 4. The molecule has 0 aromatic rings. The van der Waals surface area contributed by atoms with E-state index < -0.39 is 97.5 Å². The van der Waals surface area contributed by atoms with E-state index in [2.05, 4.69) is 198 Å². The number of phosphoric ester groups is 2. The molecule has 588 valence electrons. The summed E-state index contributed by atoms with van der Waals surface area (Å²) in [5.74, 6) is -2.36. The zero-order valence-corrected chi connectivity index (χ0v) is 65.9. The van der Waals surface area contributed by atoms with Crippen LogP contribution in [-0.4, -0.2) is 96.7 Å². The Bertz CT molecular complexity index is 2690. The Morgan fingerprint density at radius 3 is 0.846 bits per heavy atom. The second-order valence-electron chi connectivity index (χ2n) is 25.1. The number of carbonyl (C=O) groups is 4. The lowest BCUT2D eigenvalue weighted by molar-refractivity contribution is -0.161. The molecular formula is C85H136O17P2. The third-order valence-electron chi connectivity index (χ3n) is 15.3. The minimum atomic E-state index is -5.01. The molecule has 0 aliphatic rings. The number of unbranched alkanes of at least 4 members (excludes halogenated alkanes) is 15. The Balaban J connectivity index is 5.50. The van der Waals surface area contributed by atoms with E-state index >= 15 is 0 Å². The fraction of sp³-hybridized carbons (Fsp3) is 0.600. The number of phosphoric acid groups is 2. The van der Waals surface area contributed by atoms with E-state index in [1.54, 1.807) is 0 Å². The SMILES string of the molecule is CC/C=C\C/C=C\C/C=C\C/C=C\C/C=C\CCCCCC(=O)OCC(COP(=O)(O)OCC(O)COP(=O)(O)OCC(COC(=O)CCCC/C=C\C/C=C\C/C=C\C/C=C\CC)OC(=O)CCCCCCC/C=C\CCCCCC)OC(=O)CCC/C=C\C/C=C\C/C=C\C/C=C\C/C=C\CC. The third-order valence-corrected chi connectivity index (χ3v) is 17.2. The molecule has 0 aliphatic carbocycles. The molecule has 0 saturated carbocycles. The first kappa shape index (κ1) is 98.2. The Labute approximate surface area is 628 Å². The van der Waals surface area contributed by atoms with E-state index in [9.17, 15) is 43.2 Å². The van der Waals surface area contributed by atoms with Gasteiger partial charge in [-0.15, -0.1) is 0 Å². The molecule has 0 aromatic heterocycles. The lowest BCUT2D eigenvalue weighted by atomic mass is 10.1. The number of hydrogen-bond donors (Lipinski definition) is 3. The Kier molecular flexibility index (Phi) is 71.2.